The van der Waals surface area contributed by atoms with E-state index in [4.69, 9.17) is 0 Å². The number of carboxylic acids is 4. The Balaban J connectivity index is 1.52. The Labute approximate surface area is 399 Å². The minimum Gasteiger partial charge on any atom is -0.481 e. The molecule has 0 saturated heterocycles. The molecule has 8 nitrogen and oxygen atoms in total. The Morgan fingerprint density at radius 2 is 0.803 bits per heavy atom. The summed E-state index contributed by atoms with van der Waals surface area (Å²) >= 11 is 0. The van der Waals surface area contributed by atoms with Crippen LogP contribution in [0.4, 0.5) is 0 Å². The molecule has 2 aliphatic rings. The van der Waals surface area contributed by atoms with E-state index in [1.165, 1.54) is 55.6 Å². The Morgan fingerprint density at radius 1 is 0.424 bits per heavy atom. The lowest BCUT2D eigenvalue weighted by atomic mass is 9.82. The molecule has 8 heteroatoms. The summed E-state index contributed by atoms with van der Waals surface area (Å²) in [6, 6.07) is 4.95. The van der Waals surface area contributed by atoms with Crippen molar-refractivity contribution in [3.8, 4) is 0 Å². The van der Waals surface area contributed by atoms with Crippen LogP contribution in [-0.4, -0.2) is 44.3 Å². The Kier molecular flexibility index (Phi) is 20.9. The fourth-order valence-corrected chi connectivity index (χ4v) is 10.6. The molecule has 2 saturated carbocycles. The van der Waals surface area contributed by atoms with E-state index < -0.39 is 45.5 Å². The molecule has 0 amide bonds. The molecule has 0 atom stereocenters. The zero-order valence-corrected chi connectivity index (χ0v) is 42.8. The Hall–Kier alpha value is -3.68. The molecule has 2 aliphatic carbocycles. The van der Waals surface area contributed by atoms with Crippen LogP contribution in [0, 0.1) is 49.4 Å². The highest BCUT2D eigenvalue weighted by Crippen LogP contribution is 2.51. The molecule has 2 aromatic rings. The molecular weight excluding hydrogens is 825 g/mol. The lowest BCUT2D eigenvalue weighted by molar-refractivity contribution is -0.148. The van der Waals surface area contributed by atoms with E-state index in [2.05, 4.69) is 39.8 Å². The normalized spacial score (nSPS) is 15.2. The second kappa shape index (κ2) is 25.1. The van der Waals surface area contributed by atoms with Gasteiger partial charge in [0, 0.05) is 0 Å². The van der Waals surface area contributed by atoms with E-state index in [9.17, 15) is 39.6 Å². The predicted molar refractivity (Wildman–Crippen MR) is 268 cm³/mol. The van der Waals surface area contributed by atoms with Crippen LogP contribution in [0.1, 0.15) is 237 Å². The first-order valence-corrected chi connectivity index (χ1v) is 26.3. The molecule has 0 aliphatic heterocycles. The van der Waals surface area contributed by atoms with Crippen molar-refractivity contribution in [2.45, 2.75) is 248 Å². The third-order valence-electron chi connectivity index (χ3n) is 16.5. The van der Waals surface area contributed by atoms with Gasteiger partial charge >= 0.3 is 23.9 Å². The van der Waals surface area contributed by atoms with Crippen molar-refractivity contribution in [3.63, 3.8) is 0 Å². The lowest BCUT2D eigenvalue weighted by Gasteiger charge is -2.23. The molecular formula is C58H90O8. The molecule has 2 fully saturated rings. The number of aliphatic carboxylic acids is 4. The summed E-state index contributed by atoms with van der Waals surface area (Å²) < 4.78 is 0. The molecule has 370 valence electrons. The van der Waals surface area contributed by atoms with E-state index in [-0.39, 0.29) is 0 Å². The van der Waals surface area contributed by atoms with Gasteiger partial charge in [0.25, 0.3) is 0 Å². The quantitative estimate of drug-likeness (QED) is 0.0499. The summed E-state index contributed by atoms with van der Waals surface area (Å²) in [5, 5.41) is 38.5. The van der Waals surface area contributed by atoms with Crippen molar-refractivity contribution in [2.75, 3.05) is 0 Å². The molecule has 66 heavy (non-hydrogen) atoms. The number of rotatable bonds is 35. The van der Waals surface area contributed by atoms with Gasteiger partial charge < -0.3 is 20.4 Å². The van der Waals surface area contributed by atoms with Crippen LogP contribution in [0.2, 0.25) is 0 Å². The number of benzene rings is 2. The molecule has 0 unspecified atom stereocenters. The van der Waals surface area contributed by atoms with Gasteiger partial charge in [0.1, 0.15) is 0 Å². The van der Waals surface area contributed by atoms with Gasteiger partial charge in [0.15, 0.2) is 0 Å². The Morgan fingerprint density at radius 3 is 1.23 bits per heavy atom. The second-order valence-electron chi connectivity index (χ2n) is 22.6. The van der Waals surface area contributed by atoms with Crippen molar-refractivity contribution in [2.24, 2.45) is 21.7 Å². The largest absolute Gasteiger partial charge is 0.481 e. The molecule has 2 aromatic carbocycles. The molecule has 0 bridgehead atoms. The number of unbranched alkanes of at least 4 members (excludes halogenated alkanes) is 12. The molecule has 4 N–H and O–H groups in total. The average molecular weight is 915 g/mol. The molecule has 0 heterocycles. The minimum absolute atomic E-state index is 0.441. The number of carboxylic acid groups (broad SMARTS) is 4. The summed E-state index contributed by atoms with van der Waals surface area (Å²) in [5.74, 6) is -2.69. The predicted octanol–water partition coefficient (Wildman–Crippen LogP) is 14.6. The van der Waals surface area contributed by atoms with Crippen LogP contribution in [0.3, 0.4) is 0 Å². The van der Waals surface area contributed by atoms with Gasteiger partial charge in [-0.25, -0.2) is 0 Å². The van der Waals surface area contributed by atoms with Crippen LogP contribution < -0.4 is 0 Å². The second-order valence-corrected chi connectivity index (χ2v) is 22.6. The maximum atomic E-state index is 11.8. The fraction of sp³-hybridized carbons (Fsp3) is 0.724. The monoisotopic (exact) mass is 915 g/mol. The van der Waals surface area contributed by atoms with E-state index in [1.54, 1.807) is 0 Å². The van der Waals surface area contributed by atoms with E-state index in [0.29, 0.717) is 12.8 Å². The maximum Gasteiger partial charge on any atom is 0.309 e. The van der Waals surface area contributed by atoms with Crippen LogP contribution in [0.25, 0.3) is 0 Å². The standard InChI is InChI=1S/C58H90O8/c1-41-39-47(26-18-9-13-21-31-55(5,6)51(59)60)50(49(42(41)2)28-20-12-16-24-34-58(37-38-58)54(65)66)30-29-46-40-45(25-17-10-15-23-33-57(35-36-57)53(63)64)43(3)48(44(46)4)27-19-11-14-22-32-56(7,8)52(61)62/h39-40H,9-38H2,1-8H3,(H,59,60)(H,61,62)(H,63,64)(H,65,66). The number of hydrogen-bond donors (Lipinski definition) is 4. The third kappa shape index (κ3) is 16.0. The van der Waals surface area contributed by atoms with Gasteiger partial charge in [-0.15, -0.1) is 0 Å². The van der Waals surface area contributed by atoms with Gasteiger partial charge in [0.05, 0.1) is 21.7 Å². The highest BCUT2D eigenvalue weighted by molar-refractivity contribution is 5.78. The molecule has 0 aromatic heterocycles. The van der Waals surface area contributed by atoms with Crippen LogP contribution >= 0.6 is 0 Å². The number of aryl methyl sites for hydroxylation is 4. The van der Waals surface area contributed by atoms with Crippen LogP contribution in [0.15, 0.2) is 12.1 Å². The van der Waals surface area contributed by atoms with E-state index in [0.717, 1.165) is 180 Å². The summed E-state index contributed by atoms with van der Waals surface area (Å²) in [5.41, 5.74) is 12.2. The Bertz CT molecular complexity index is 1940. The highest BCUT2D eigenvalue weighted by atomic mass is 16.4. The van der Waals surface area contributed by atoms with Crippen molar-refractivity contribution in [3.05, 3.63) is 67.8 Å². The first-order chi connectivity index (χ1) is 31.2. The summed E-state index contributed by atoms with van der Waals surface area (Å²) in [7, 11) is 0. The van der Waals surface area contributed by atoms with Gasteiger partial charge in [-0.05, 0) is 227 Å². The zero-order valence-electron chi connectivity index (χ0n) is 42.8. The zero-order chi connectivity index (χ0) is 48.7. The lowest BCUT2D eigenvalue weighted by Crippen LogP contribution is -2.23. The van der Waals surface area contributed by atoms with Crippen molar-refractivity contribution in [1.29, 1.82) is 0 Å². The summed E-state index contributed by atoms with van der Waals surface area (Å²) in [6.07, 6.45) is 29.1. The van der Waals surface area contributed by atoms with Crippen molar-refractivity contribution in [1.82, 2.24) is 0 Å². The fourth-order valence-electron chi connectivity index (χ4n) is 10.6. The van der Waals surface area contributed by atoms with Gasteiger partial charge in [0.2, 0.25) is 0 Å². The van der Waals surface area contributed by atoms with Crippen molar-refractivity contribution < 1.29 is 39.6 Å². The smallest absolute Gasteiger partial charge is 0.309 e. The first kappa shape index (κ1) is 54.9. The number of carbonyl (C=O) groups is 4. The minimum atomic E-state index is -0.727. The SMILES string of the molecule is Cc1cc(CCCCCCC(C)(C)C(=O)O)c(CCc2cc(CCCCCCC3(C(=O)O)CC3)c(C)c(CCCCCCC(C)(C)C(=O)O)c2C)c(CCCCCCC2(C(=O)O)CC2)c1C. The van der Waals surface area contributed by atoms with E-state index in [1.807, 2.05) is 27.7 Å². The van der Waals surface area contributed by atoms with Crippen LogP contribution in [0.5, 0.6) is 0 Å². The van der Waals surface area contributed by atoms with Gasteiger partial charge in [-0.2, -0.15) is 0 Å². The van der Waals surface area contributed by atoms with Crippen molar-refractivity contribution >= 4 is 23.9 Å². The molecule has 4 rings (SSSR count). The molecule has 0 radical (unpaired) electrons. The molecule has 0 spiro atoms. The summed E-state index contributed by atoms with van der Waals surface area (Å²) in [6.45, 7) is 16.5. The maximum absolute atomic E-state index is 11.8. The topological polar surface area (TPSA) is 149 Å². The highest BCUT2D eigenvalue weighted by Gasteiger charge is 2.50. The van der Waals surface area contributed by atoms with E-state index >= 15 is 0 Å². The van der Waals surface area contributed by atoms with Crippen LogP contribution in [-0.2, 0) is 57.7 Å². The number of hydrogen-bond acceptors (Lipinski definition) is 4. The summed E-state index contributed by atoms with van der Waals surface area (Å²) in [4.78, 5) is 46.8. The average Bonchev–Trinajstić information content (AvgIpc) is 4.20. The van der Waals surface area contributed by atoms with Gasteiger partial charge in [-0.3, -0.25) is 19.2 Å². The third-order valence-corrected chi connectivity index (χ3v) is 16.5. The first-order valence-electron chi connectivity index (χ1n) is 26.3. The van der Waals surface area contributed by atoms with Gasteiger partial charge in [-0.1, -0.05) is 89.2 Å².